The molecule has 0 fully saturated rings. The summed E-state index contributed by atoms with van der Waals surface area (Å²) in [5.74, 6) is 5.25. The normalized spacial score (nSPS) is 7.10. The Balaban J connectivity index is 0. The number of hydrogen-bond acceptors (Lipinski definition) is 5. The van der Waals surface area contributed by atoms with Gasteiger partial charge in [0.2, 0.25) is 0 Å². The number of ether oxygens (including phenoxy) is 1. The molecule has 0 aliphatic heterocycles. The maximum absolute atomic E-state index is 9.92. The summed E-state index contributed by atoms with van der Waals surface area (Å²) in [5, 5.41) is 7.84. The van der Waals surface area contributed by atoms with Gasteiger partial charge in [-0.3, -0.25) is 11.7 Å². The minimum Gasteiger partial charge on any atom is -0.473 e. The maximum Gasteiger partial charge on any atom is 0.417 e. The molecule has 0 rings (SSSR count). The van der Waals surface area contributed by atoms with E-state index in [1.165, 1.54) is 0 Å². The minimum atomic E-state index is -1.55. The second-order valence-corrected chi connectivity index (χ2v) is 1.03. The summed E-state index contributed by atoms with van der Waals surface area (Å²) in [6.07, 6.45) is 0. The largest absolute Gasteiger partial charge is 0.473 e. The number of carbonyl (C=O) groups is 2. The average Bonchev–Trinajstić information content (AvgIpc) is 1.93. The first-order chi connectivity index (χ1) is 4.68. The zero-order valence-electron chi connectivity index (χ0n) is 5.53. The van der Waals surface area contributed by atoms with Crippen LogP contribution < -0.4 is 11.7 Å². The molecule has 0 saturated carbocycles. The zero-order chi connectivity index (χ0) is 8.57. The molecule has 10 heavy (non-hydrogen) atoms. The summed E-state index contributed by atoms with van der Waals surface area (Å²) in [5.41, 5.74) is 0. The first-order valence-corrected chi connectivity index (χ1v) is 2.42. The predicted octanol–water partition coefficient (Wildman–Crippen LogP) is -1.55. The van der Waals surface area contributed by atoms with E-state index in [9.17, 15) is 9.59 Å². The quantitative estimate of drug-likeness (QED) is 0.180. The van der Waals surface area contributed by atoms with Crippen LogP contribution >= 0.6 is 0 Å². The predicted molar refractivity (Wildman–Crippen MR) is 32.6 cm³/mol. The molecule has 0 aromatic rings. The summed E-state index contributed by atoms with van der Waals surface area (Å²) >= 11 is 0. The van der Waals surface area contributed by atoms with E-state index in [4.69, 9.17) is 5.11 Å². The number of nitrogens with two attached hydrogens (primary N) is 2. The lowest BCUT2D eigenvalue weighted by molar-refractivity contribution is -0.163. The van der Waals surface area contributed by atoms with Crippen LogP contribution in [0.5, 0.6) is 0 Å². The van der Waals surface area contributed by atoms with Crippen molar-refractivity contribution in [2.24, 2.45) is 11.7 Å². The third-order valence-corrected chi connectivity index (χ3v) is 0.450. The highest BCUT2D eigenvalue weighted by molar-refractivity contribution is 6.28. The number of hydrazine groups is 1. The van der Waals surface area contributed by atoms with Gasteiger partial charge in [-0.05, 0) is 6.92 Å². The second-order valence-electron chi connectivity index (χ2n) is 1.03. The van der Waals surface area contributed by atoms with Crippen molar-refractivity contribution in [3.8, 4) is 0 Å². The van der Waals surface area contributed by atoms with Crippen molar-refractivity contribution in [3.63, 3.8) is 0 Å². The molecule has 0 aromatic carbocycles. The highest BCUT2D eigenvalue weighted by Crippen LogP contribution is 1.74. The molecule has 60 valence electrons. The SMILES string of the molecule is CCOC(=O)C(=O)O.NN. The molecule has 6 heteroatoms. The Hall–Kier alpha value is -1.14. The smallest absolute Gasteiger partial charge is 0.417 e. The Morgan fingerprint density at radius 3 is 2.00 bits per heavy atom. The van der Waals surface area contributed by atoms with Crippen LogP contribution in [0, 0.1) is 0 Å². The van der Waals surface area contributed by atoms with Crippen molar-refractivity contribution in [2.75, 3.05) is 6.61 Å². The summed E-state index contributed by atoms with van der Waals surface area (Å²) in [6, 6.07) is 0. The maximum atomic E-state index is 9.92. The van der Waals surface area contributed by atoms with E-state index in [0.29, 0.717) is 0 Å². The Morgan fingerprint density at radius 1 is 1.50 bits per heavy atom. The second kappa shape index (κ2) is 7.86. The Labute approximate surface area is 57.7 Å². The molecule has 0 aromatic heterocycles. The minimum absolute atomic E-state index is 0.102. The van der Waals surface area contributed by atoms with Gasteiger partial charge in [-0.1, -0.05) is 0 Å². The Bertz CT molecular complexity index is 114. The highest BCUT2D eigenvalue weighted by Gasteiger charge is 2.09. The van der Waals surface area contributed by atoms with Crippen LogP contribution in [0.1, 0.15) is 6.92 Å². The van der Waals surface area contributed by atoms with Crippen molar-refractivity contribution in [1.29, 1.82) is 0 Å². The third-order valence-electron chi connectivity index (χ3n) is 0.450. The van der Waals surface area contributed by atoms with E-state index in [0.717, 1.165) is 0 Å². The van der Waals surface area contributed by atoms with Crippen LogP contribution in [0.25, 0.3) is 0 Å². The van der Waals surface area contributed by atoms with Crippen LogP contribution in [0.15, 0.2) is 0 Å². The van der Waals surface area contributed by atoms with Gasteiger partial charge in [0, 0.05) is 0 Å². The molecule has 6 nitrogen and oxygen atoms in total. The fraction of sp³-hybridized carbons (Fsp3) is 0.500. The van der Waals surface area contributed by atoms with Crippen molar-refractivity contribution < 1.29 is 19.4 Å². The lowest BCUT2D eigenvalue weighted by Crippen LogP contribution is -2.15. The monoisotopic (exact) mass is 150 g/mol. The summed E-state index contributed by atoms with van der Waals surface area (Å²) in [7, 11) is 0. The average molecular weight is 150 g/mol. The van der Waals surface area contributed by atoms with Gasteiger partial charge in [0.05, 0.1) is 6.61 Å². The fourth-order valence-corrected chi connectivity index (χ4v) is 0.193. The van der Waals surface area contributed by atoms with E-state index in [1.807, 2.05) is 0 Å². The van der Waals surface area contributed by atoms with Crippen molar-refractivity contribution in [2.45, 2.75) is 6.92 Å². The molecule has 0 atom stereocenters. The molecular weight excluding hydrogens is 140 g/mol. The van der Waals surface area contributed by atoms with Crippen LogP contribution in [-0.2, 0) is 14.3 Å². The number of aliphatic carboxylic acids is 1. The van der Waals surface area contributed by atoms with Crippen molar-refractivity contribution in [1.82, 2.24) is 0 Å². The molecule has 0 aliphatic carbocycles. The fourth-order valence-electron chi connectivity index (χ4n) is 0.193. The lowest BCUT2D eigenvalue weighted by atomic mass is 10.7. The molecule has 5 N–H and O–H groups in total. The lowest BCUT2D eigenvalue weighted by Gasteiger charge is -1.91. The molecule has 0 unspecified atom stereocenters. The molecular formula is C4H10N2O4. The van der Waals surface area contributed by atoms with Gasteiger partial charge in [-0.25, -0.2) is 9.59 Å². The molecule has 0 bridgehead atoms. The number of esters is 1. The molecule has 0 spiro atoms. The topological polar surface area (TPSA) is 116 Å². The summed E-state index contributed by atoms with van der Waals surface area (Å²) < 4.78 is 4.06. The van der Waals surface area contributed by atoms with Gasteiger partial charge in [0.1, 0.15) is 0 Å². The molecule has 0 saturated heterocycles. The van der Waals surface area contributed by atoms with Gasteiger partial charge >= 0.3 is 11.9 Å². The molecule has 0 aliphatic rings. The van der Waals surface area contributed by atoms with Gasteiger partial charge in [-0.2, -0.15) is 0 Å². The zero-order valence-corrected chi connectivity index (χ0v) is 5.53. The molecule has 0 radical (unpaired) electrons. The van der Waals surface area contributed by atoms with Crippen LogP contribution in [0.4, 0.5) is 0 Å². The van der Waals surface area contributed by atoms with Gasteiger partial charge in [-0.15, -0.1) is 0 Å². The van der Waals surface area contributed by atoms with E-state index in [-0.39, 0.29) is 6.61 Å². The number of carbonyl (C=O) groups excluding carboxylic acids is 1. The van der Waals surface area contributed by atoms with E-state index < -0.39 is 11.9 Å². The van der Waals surface area contributed by atoms with E-state index in [2.05, 4.69) is 16.4 Å². The van der Waals surface area contributed by atoms with Gasteiger partial charge in [0.15, 0.2) is 0 Å². The van der Waals surface area contributed by atoms with Crippen molar-refractivity contribution >= 4 is 11.9 Å². The summed E-state index contributed by atoms with van der Waals surface area (Å²) in [6.45, 7) is 1.64. The Morgan fingerprint density at radius 2 is 1.90 bits per heavy atom. The number of hydrogen-bond donors (Lipinski definition) is 3. The van der Waals surface area contributed by atoms with E-state index >= 15 is 0 Å². The Kier molecular flexibility index (Phi) is 9.14. The summed E-state index contributed by atoms with van der Waals surface area (Å²) in [4.78, 5) is 19.5. The highest BCUT2D eigenvalue weighted by atomic mass is 16.6. The van der Waals surface area contributed by atoms with Gasteiger partial charge in [0.25, 0.3) is 0 Å². The van der Waals surface area contributed by atoms with Crippen LogP contribution in [-0.4, -0.2) is 23.7 Å². The number of carboxylic acid groups (broad SMARTS) is 1. The van der Waals surface area contributed by atoms with Crippen LogP contribution in [0.3, 0.4) is 0 Å². The van der Waals surface area contributed by atoms with Crippen LogP contribution in [0.2, 0.25) is 0 Å². The molecule has 0 heterocycles. The van der Waals surface area contributed by atoms with E-state index in [1.54, 1.807) is 6.92 Å². The first-order valence-electron chi connectivity index (χ1n) is 2.42. The van der Waals surface area contributed by atoms with Crippen molar-refractivity contribution in [3.05, 3.63) is 0 Å². The number of rotatable bonds is 1. The standard InChI is InChI=1S/C4H6O4.H4N2/c1-2-8-4(7)3(5)6;1-2/h2H2,1H3,(H,5,6);1-2H2. The first kappa shape index (κ1) is 11.6. The third kappa shape index (κ3) is 6.86. The molecule has 0 amide bonds. The van der Waals surface area contributed by atoms with Gasteiger partial charge < -0.3 is 9.84 Å². The number of carboxylic acids is 1.